The van der Waals surface area contributed by atoms with E-state index in [1.165, 1.54) is 32.7 Å². The Morgan fingerprint density at radius 1 is 0.132 bits per heavy atom. The molecule has 0 radical (unpaired) electrons. The van der Waals surface area contributed by atoms with Crippen LogP contribution in [0.4, 0.5) is 0 Å². The highest BCUT2D eigenvalue weighted by Crippen LogP contribution is 2.49. The fourth-order valence-corrected chi connectivity index (χ4v) is 18.2. The number of rotatable bonds is 9. The highest BCUT2D eigenvalue weighted by Gasteiger charge is 2.27. The molecule has 0 N–H and O–H groups in total. The molecule has 1 heterocycles. The van der Waals surface area contributed by atoms with Crippen LogP contribution in [0, 0.1) is 0 Å². The Bertz CT molecular complexity index is 7700. The first-order valence-electron chi connectivity index (χ1n) is 38.6. The van der Waals surface area contributed by atoms with E-state index in [0.29, 0.717) is 22.9 Å². The maximum atomic E-state index is 14.3. The number of aromatic nitrogens is 3. The Hall–Kier alpha value is -15.2. The highest BCUT2D eigenvalue weighted by atomic mass is 16.1. The molecule has 0 unspecified atom stereocenters. The zero-order valence-corrected chi connectivity index (χ0v) is 61.4. The average molecular weight is 1450 g/mol. The first kappa shape index (κ1) is 65.8. The molecule has 0 aliphatic rings. The molecule has 528 valence electrons. The molecular formula is C108H63N3O3. The summed E-state index contributed by atoms with van der Waals surface area (Å²) in [5.41, 5.74) is 16.1. The summed E-state index contributed by atoms with van der Waals surface area (Å²) in [7, 11) is 0. The fraction of sp³-hybridized carbons (Fsp3) is 0. The van der Waals surface area contributed by atoms with Gasteiger partial charge in [0.1, 0.15) is 0 Å². The minimum Gasteiger partial charge on any atom is -0.289 e. The van der Waals surface area contributed by atoms with Crippen molar-refractivity contribution in [3.05, 3.63) is 413 Å². The minimum atomic E-state index is 0.0494. The van der Waals surface area contributed by atoms with Crippen molar-refractivity contribution in [2.75, 3.05) is 0 Å². The third-order valence-corrected chi connectivity index (χ3v) is 23.3. The number of fused-ring (bicyclic) bond motifs is 9. The molecule has 0 saturated carbocycles. The largest absolute Gasteiger partial charge is 0.289 e. The van der Waals surface area contributed by atoms with E-state index in [4.69, 9.17) is 15.0 Å². The summed E-state index contributed by atoms with van der Waals surface area (Å²) in [5.74, 6) is 1.74. The van der Waals surface area contributed by atoms with Crippen LogP contribution in [0.25, 0.3) is 230 Å². The quantitative estimate of drug-likeness (QED) is 0.134. The van der Waals surface area contributed by atoms with Gasteiger partial charge in [0.25, 0.3) is 0 Å². The van der Waals surface area contributed by atoms with Gasteiger partial charge in [0.05, 0.1) is 0 Å². The standard InChI is InChI=1S/C43H26O.C34H19N3O.C31H18O/c44-43-39-25-33(31-17-9-15-29(21-31)27-11-3-1-4-12-27)23-37-35-19-7-8-20-36(35)38-24-34(26-40(43)42(38)41(37)39)32-18-10-16-30(22-32)28-13-5-2-6-14-28;38-31-26-17-9-16-25-23-14-7-8-15-24(23)27-18-22(19-28(31)30(27)29(25)26)34-36-32(20-10-3-1-4-11-20)35-33(37-34)21-12-5-2-6-13-21;32-31-29-21(19-9-3-1-4-10-19)15-17-25-23-13-7-8-14-24(23)26-18-16-22(20-11-5-2-6-12-20)30(31)28(26)27(25)29/h1-26H;1-19H;1-18H. The van der Waals surface area contributed by atoms with Crippen LogP contribution < -0.4 is 16.3 Å². The second-order valence-electron chi connectivity index (χ2n) is 29.7. The van der Waals surface area contributed by atoms with Crippen molar-refractivity contribution in [2.45, 2.75) is 0 Å². The summed E-state index contributed by atoms with van der Waals surface area (Å²) < 4.78 is 0. The predicted molar refractivity (Wildman–Crippen MR) is 478 cm³/mol. The Balaban J connectivity index is 0.000000106. The zero-order chi connectivity index (χ0) is 75.6. The van der Waals surface area contributed by atoms with Crippen molar-refractivity contribution < 1.29 is 0 Å². The highest BCUT2D eigenvalue weighted by molar-refractivity contribution is 6.40. The maximum absolute atomic E-state index is 14.3. The molecule has 0 atom stereocenters. The van der Waals surface area contributed by atoms with Gasteiger partial charge in [-0.15, -0.1) is 0 Å². The molecule has 0 bridgehead atoms. The van der Waals surface area contributed by atoms with E-state index in [1.54, 1.807) is 0 Å². The summed E-state index contributed by atoms with van der Waals surface area (Å²) in [6.45, 7) is 0. The third kappa shape index (κ3) is 10.6. The molecule has 0 amide bonds. The Labute approximate surface area is 653 Å². The summed E-state index contributed by atoms with van der Waals surface area (Å²) in [5, 5.41) is 24.9. The zero-order valence-electron chi connectivity index (χ0n) is 61.4. The number of hydrogen-bond donors (Lipinski definition) is 0. The third-order valence-electron chi connectivity index (χ3n) is 23.3. The van der Waals surface area contributed by atoms with Crippen LogP contribution in [0.3, 0.4) is 0 Å². The molecule has 24 rings (SSSR count). The van der Waals surface area contributed by atoms with E-state index in [-0.39, 0.29) is 16.3 Å². The van der Waals surface area contributed by atoms with Gasteiger partial charge in [0.2, 0.25) is 0 Å². The minimum absolute atomic E-state index is 0.0494. The van der Waals surface area contributed by atoms with Crippen molar-refractivity contribution in [2.24, 2.45) is 0 Å². The second-order valence-corrected chi connectivity index (χ2v) is 29.7. The molecule has 0 fully saturated rings. The molecule has 23 aromatic carbocycles. The van der Waals surface area contributed by atoms with Crippen LogP contribution in [0.15, 0.2) is 397 Å². The Kier molecular flexibility index (Phi) is 15.3. The molecule has 0 aliphatic carbocycles. The van der Waals surface area contributed by atoms with Gasteiger partial charge >= 0.3 is 0 Å². The molecule has 24 aromatic rings. The van der Waals surface area contributed by atoms with Crippen LogP contribution >= 0.6 is 0 Å². The lowest BCUT2D eigenvalue weighted by Gasteiger charge is -2.13. The second kappa shape index (κ2) is 26.5. The van der Waals surface area contributed by atoms with E-state index < -0.39 is 0 Å². The topological polar surface area (TPSA) is 89.9 Å². The Morgan fingerprint density at radius 3 is 0.763 bits per heavy atom. The van der Waals surface area contributed by atoms with E-state index in [2.05, 4.69) is 249 Å². The normalized spacial score (nSPS) is 11.8. The van der Waals surface area contributed by atoms with Crippen molar-refractivity contribution >= 4 is 129 Å². The molecule has 0 aliphatic heterocycles. The van der Waals surface area contributed by atoms with Crippen LogP contribution in [0.5, 0.6) is 0 Å². The Morgan fingerprint density at radius 2 is 0.377 bits per heavy atom. The van der Waals surface area contributed by atoms with E-state index in [0.717, 1.165) is 175 Å². The predicted octanol–water partition coefficient (Wildman–Crippen LogP) is 26.8. The van der Waals surface area contributed by atoms with E-state index in [1.807, 2.05) is 133 Å². The van der Waals surface area contributed by atoms with Crippen LogP contribution in [-0.2, 0) is 0 Å². The first-order chi connectivity index (χ1) is 56.3. The molecule has 114 heavy (non-hydrogen) atoms. The van der Waals surface area contributed by atoms with Gasteiger partial charge in [0, 0.05) is 81.3 Å². The SMILES string of the molecule is O=c1c2c(-c3ccccc3)ccc3c4ccccc4c4ccc(-c5ccccc5)c1c4c23.O=c1c2cc(-c3cccc(-c4ccccc4)c3)cc3c4ccccc4c4cc(-c5cccc(-c6ccccc6)c5)cc1c4c23.O=c1c2cccc3c4ccccc4c4cc(-c5nc(-c6ccccc6)nc(-c6ccccc6)n5)cc1c4c23. The van der Waals surface area contributed by atoms with Gasteiger partial charge in [-0.3, -0.25) is 14.4 Å². The molecule has 1 aromatic heterocycles. The van der Waals surface area contributed by atoms with E-state index in [9.17, 15) is 14.4 Å². The maximum Gasteiger partial charge on any atom is 0.195 e. The molecular weight excluding hydrogens is 1390 g/mol. The van der Waals surface area contributed by atoms with Crippen molar-refractivity contribution in [1.29, 1.82) is 0 Å². The van der Waals surface area contributed by atoms with Crippen LogP contribution in [0.2, 0.25) is 0 Å². The van der Waals surface area contributed by atoms with E-state index >= 15 is 0 Å². The van der Waals surface area contributed by atoms with Gasteiger partial charge < -0.3 is 0 Å². The van der Waals surface area contributed by atoms with Crippen molar-refractivity contribution in [3.63, 3.8) is 0 Å². The lowest BCUT2D eigenvalue weighted by molar-refractivity contribution is 1.07. The fourth-order valence-electron chi connectivity index (χ4n) is 18.2. The number of nitrogens with zero attached hydrogens (tertiary/aromatic N) is 3. The van der Waals surface area contributed by atoms with Gasteiger partial charge in [-0.25, -0.2) is 15.0 Å². The smallest absolute Gasteiger partial charge is 0.195 e. The van der Waals surface area contributed by atoms with Gasteiger partial charge in [-0.05, 0) is 180 Å². The summed E-state index contributed by atoms with van der Waals surface area (Å²) in [6, 6.07) is 131. The lowest BCUT2D eigenvalue weighted by atomic mass is 9.90. The summed E-state index contributed by atoms with van der Waals surface area (Å²) in [4.78, 5) is 56.8. The number of hydrogen-bond acceptors (Lipinski definition) is 6. The molecule has 6 heteroatoms. The van der Waals surface area contributed by atoms with Gasteiger partial charge in [0.15, 0.2) is 33.8 Å². The van der Waals surface area contributed by atoms with Gasteiger partial charge in [-0.1, -0.05) is 334 Å². The van der Waals surface area contributed by atoms with Crippen LogP contribution in [0.1, 0.15) is 0 Å². The lowest BCUT2D eigenvalue weighted by Crippen LogP contribution is -2.01. The van der Waals surface area contributed by atoms with Crippen molar-refractivity contribution in [3.8, 4) is 101 Å². The summed E-state index contributed by atoms with van der Waals surface area (Å²) in [6.07, 6.45) is 0. The van der Waals surface area contributed by atoms with Gasteiger partial charge in [-0.2, -0.15) is 0 Å². The first-order valence-corrected chi connectivity index (χ1v) is 38.6. The monoisotopic (exact) mass is 1450 g/mol. The average Bonchev–Trinajstić information content (AvgIpc) is 1.54. The van der Waals surface area contributed by atoms with Crippen molar-refractivity contribution in [1.82, 2.24) is 15.0 Å². The summed E-state index contributed by atoms with van der Waals surface area (Å²) >= 11 is 0. The van der Waals surface area contributed by atoms with Crippen LogP contribution in [-0.4, -0.2) is 15.0 Å². The molecule has 6 nitrogen and oxygen atoms in total. The number of benzene rings is 20. The molecule has 0 spiro atoms. The molecule has 0 saturated heterocycles.